The van der Waals surface area contributed by atoms with E-state index in [0.717, 1.165) is 17.0 Å². The molecule has 78 valence electrons. The molecule has 1 aromatic carbocycles. The summed E-state index contributed by atoms with van der Waals surface area (Å²) in [5, 5.41) is 2.93. The Morgan fingerprint density at radius 1 is 1.40 bits per heavy atom. The van der Waals surface area contributed by atoms with Gasteiger partial charge in [-0.3, -0.25) is 4.79 Å². The van der Waals surface area contributed by atoms with Crippen molar-refractivity contribution in [2.24, 2.45) is 5.92 Å². The minimum atomic E-state index is 0.0649. The molecule has 15 heavy (non-hydrogen) atoms. The maximum Gasteiger partial charge on any atom is 0.232 e. The smallest absolute Gasteiger partial charge is 0.232 e. The largest absolute Gasteiger partial charge is 0.497 e. The van der Waals surface area contributed by atoms with Gasteiger partial charge in [-0.2, -0.15) is 0 Å². The number of hydrogen-bond acceptors (Lipinski definition) is 2. The summed E-state index contributed by atoms with van der Waals surface area (Å²) in [7, 11) is 1.65. The molecule has 1 aromatic rings. The zero-order valence-corrected chi connectivity index (χ0v) is 8.62. The Labute approximate surface area is 88.4 Å². The average molecular weight is 203 g/mol. The predicted molar refractivity (Wildman–Crippen MR) is 57.1 cm³/mol. The number of nitrogens with one attached hydrogen (secondary N) is 1. The van der Waals surface area contributed by atoms with Gasteiger partial charge in [-0.15, -0.1) is 0 Å². The molecule has 1 aliphatic carbocycles. The van der Waals surface area contributed by atoms with Crippen molar-refractivity contribution in [1.29, 1.82) is 0 Å². The van der Waals surface area contributed by atoms with Crippen LogP contribution in [0.4, 0.5) is 5.69 Å². The topological polar surface area (TPSA) is 38.3 Å². The van der Waals surface area contributed by atoms with Crippen molar-refractivity contribution in [3.05, 3.63) is 23.8 Å². The van der Waals surface area contributed by atoms with Gasteiger partial charge in [0.15, 0.2) is 0 Å². The van der Waals surface area contributed by atoms with Crippen LogP contribution in [0.15, 0.2) is 18.2 Å². The second kappa shape index (κ2) is 2.99. The standard InChI is InChI=1S/C12H13NO2/c1-15-8-4-5-10-9(6-8)11(7-2-3-7)12(14)13-10/h4-7,11H,2-3H2,1H3,(H,13,14). The van der Waals surface area contributed by atoms with Crippen LogP contribution in [0, 0.1) is 5.92 Å². The molecular weight excluding hydrogens is 190 g/mol. The van der Waals surface area contributed by atoms with Crippen LogP contribution in [0.3, 0.4) is 0 Å². The number of fused-ring (bicyclic) bond motifs is 1. The van der Waals surface area contributed by atoms with Crippen molar-refractivity contribution in [3.8, 4) is 5.75 Å². The summed E-state index contributed by atoms with van der Waals surface area (Å²) in [4.78, 5) is 11.8. The number of methoxy groups -OCH3 is 1. The monoisotopic (exact) mass is 203 g/mol. The van der Waals surface area contributed by atoms with Gasteiger partial charge in [0.2, 0.25) is 5.91 Å². The SMILES string of the molecule is COc1ccc2c(c1)C(C1CC1)C(=O)N2. The van der Waals surface area contributed by atoms with E-state index in [4.69, 9.17) is 4.74 Å². The number of carbonyl (C=O) groups is 1. The van der Waals surface area contributed by atoms with Crippen LogP contribution in [0.25, 0.3) is 0 Å². The lowest BCUT2D eigenvalue weighted by atomic mass is 9.96. The second-order valence-corrected chi connectivity index (χ2v) is 4.26. The van der Waals surface area contributed by atoms with E-state index >= 15 is 0 Å². The van der Waals surface area contributed by atoms with Gasteiger partial charge in [0.05, 0.1) is 13.0 Å². The van der Waals surface area contributed by atoms with E-state index in [1.165, 1.54) is 12.8 Å². The predicted octanol–water partition coefficient (Wildman–Crippen LogP) is 2.14. The zero-order valence-electron chi connectivity index (χ0n) is 8.62. The van der Waals surface area contributed by atoms with E-state index in [1.807, 2.05) is 18.2 Å². The molecule has 1 aliphatic heterocycles. The molecule has 0 radical (unpaired) electrons. The van der Waals surface area contributed by atoms with E-state index in [0.29, 0.717) is 5.92 Å². The highest BCUT2D eigenvalue weighted by Gasteiger charge is 2.42. The molecule has 0 bridgehead atoms. The normalized spacial score (nSPS) is 23.5. The van der Waals surface area contributed by atoms with Crippen molar-refractivity contribution in [2.75, 3.05) is 12.4 Å². The van der Waals surface area contributed by atoms with Gasteiger partial charge in [0.25, 0.3) is 0 Å². The Balaban J connectivity index is 2.04. The molecule has 0 aromatic heterocycles. The highest BCUT2D eigenvalue weighted by atomic mass is 16.5. The zero-order chi connectivity index (χ0) is 10.4. The summed E-state index contributed by atoms with van der Waals surface area (Å²) in [5.41, 5.74) is 2.07. The quantitative estimate of drug-likeness (QED) is 0.799. The molecule has 0 spiro atoms. The number of amides is 1. The summed E-state index contributed by atoms with van der Waals surface area (Å²) in [6.45, 7) is 0. The Hall–Kier alpha value is -1.51. The number of hydrogen-bond donors (Lipinski definition) is 1. The first-order chi connectivity index (χ1) is 7.29. The maximum absolute atomic E-state index is 11.8. The number of rotatable bonds is 2. The lowest BCUT2D eigenvalue weighted by molar-refractivity contribution is -0.117. The summed E-state index contributed by atoms with van der Waals surface area (Å²) >= 11 is 0. The van der Waals surface area contributed by atoms with Gasteiger partial charge < -0.3 is 10.1 Å². The van der Waals surface area contributed by atoms with Crippen LogP contribution >= 0.6 is 0 Å². The van der Waals surface area contributed by atoms with Gasteiger partial charge in [0, 0.05) is 5.69 Å². The number of anilines is 1. The first-order valence-corrected chi connectivity index (χ1v) is 5.28. The molecule has 1 fully saturated rings. The lowest BCUT2D eigenvalue weighted by Gasteiger charge is -2.07. The molecule has 0 saturated heterocycles. The minimum absolute atomic E-state index is 0.0649. The minimum Gasteiger partial charge on any atom is -0.497 e. The number of ether oxygens (including phenoxy) is 1. The molecule has 2 aliphatic rings. The van der Waals surface area contributed by atoms with Gasteiger partial charge in [-0.1, -0.05) is 0 Å². The van der Waals surface area contributed by atoms with Crippen molar-refractivity contribution in [3.63, 3.8) is 0 Å². The van der Waals surface area contributed by atoms with E-state index in [2.05, 4.69) is 5.32 Å². The molecular formula is C12H13NO2. The van der Waals surface area contributed by atoms with E-state index in [9.17, 15) is 4.79 Å². The highest BCUT2D eigenvalue weighted by molar-refractivity contribution is 6.03. The summed E-state index contributed by atoms with van der Waals surface area (Å²) < 4.78 is 5.18. The molecule has 1 N–H and O–H groups in total. The van der Waals surface area contributed by atoms with Crippen molar-refractivity contribution < 1.29 is 9.53 Å². The Morgan fingerprint density at radius 2 is 2.20 bits per heavy atom. The molecule has 1 heterocycles. The average Bonchev–Trinajstić information content (AvgIpc) is 3.00. The van der Waals surface area contributed by atoms with Crippen LogP contribution in [0.5, 0.6) is 5.75 Å². The first kappa shape index (κ1) is 8.77. The van der Waals surface area contributed by atoms with Gasteiger partial charge in [-0.25, -0.2) is 0 Å². The summed E-state index contributed by atoms with van der Waals surface area (Å²) in [6, 6.07) is 5.79. The van der Waals surface area contributed by atoms with E-state index < -0.39 is 0 Å². The highest BCUT2D eigenvalue weighted by Crippen LogP contribution is 2.48. The van der Waals surface area contributed by atoms with Crippen LogP contribution < -0.4 is 10.1 Å². The fraction of sp³-hybridized carbons (Fsp3) is 0.417. The van der Waals surface area contributed by atoms with Crippen molar-refractivity contribution in [2.45, 2.75) is 18.8 Å². The van der Waals surface area contributed by atoms with E-state index in [-0.39, 0.29) is 11.8 Å². The van der Waals surface area contributed by atoms with Gasteiger partial charge in [0.1, 0.15) is 5.75 Å². The molecule has 3 nitrogen and oxygen atoms in total. The molecule has 1 unspecified atom stereocenters. The lowest BCUT2D eigenvalue weighted by Crippen LogP contribution is -2.13. The van der Waals surface area contributed by atoms with Crippen LogP contribution in [-0.4, -0.2) is 13.0 Å². The molecule has 3 heteroatoms. The van der Waals surface area contributed by atoms with Crippen LogP contribution in [0.2, 0.25) is 0 Å². The number of benzene rings is 1. The molecule has 3 rings (SSSR count). The van der Waals surface area contributed by atoms with Crippen molar-refractivity contribution >= 4 is 11.6 Å². The fourth-order valence-corrected chi connectivity index (χ4v) is 2.29. The molecule has 1 saturated carbocycles. The molecule has 1 amide bonds. The maximum atomic E-state index is 11.8. The number of carbonyl (C=O) groups excluding carboxylic acids is 1. The van der Waals surface area contributed by atoms with Gasteiger partial charge >= 0.3 is 0 Å². The first-order valence-electron chi connectivity index (χ1n) is 5.28. The second-order valence-electron chi connectivity index (χ2n) is 4.26. The third-order valence-electron chi connectivity index (χ3n) is 3.23. The summed E-state index contributed by atoms with van der Waals surface area (Å²) in [6.07, 6.45) is 2.35. The van der Waals surface area contributed by atoms with Gasteiger partial charge in [-0.05, 0) is 42.5 Å². The third kappa shape index (κ3) is 1.30. The third-order valence-corrected chi connectivity index (χ3v) is 3.23. The Bertz CT molecular complexity index is 424. The Kier molecular flexibility index (Phi) is 1.75. The van der Waals surface area contributed by atoms with Crippen LogP contribution in [0.1, 0.15) is 24.3 Å². The van der Waals surface area contributed by atoms with E-state index in [1.54, 1.807) is 7.11 Å². The molecule has 1 atom stereocenters. The summed E-state index contributed by atoms with van der Waals surface area (Å²) in [5.74, 6) is 1.60. The van der Waals surface area contributed by atoms with Crippen LogP contribution in [-0.2, 0) is 4.79 Å². The fourth-order valence-electron chi connectivity index (χ4n) is 2.29. The Morgan fingerprint density at radius 3 is 2.87 bits per heavy atom. The van der Waals surface area contributed by atoms with Crippen molar-refractivity contribution in [1.82, 2.24) is 0 Å².